The molecule has 1 heterocycles. The lowest BCUT2D eigenvalue weighted by Crippen LogP contribution is -2.30. The van der Waals surface area contributed by atoms with Gasteiger partial charge in [0, 0.05) is 18.8 Å². The highest BCUT2D eigenvalue weighted by Crippen LogP contribution is 2.26. The molecule has 0 aliphatic rings. The number of hydrogen-bond acceptors (Lipinski definition) is 4. The van der Waals surface area contributed by atoms with Crippen LogP contribution in [-0.4, -0.2) is 23.2 Å². The Morgan fingerprint density at radius 2 is 1.91 bits per heavy atom. The Kier molecular flexibility index (Phi) is 6.16. The van der Waals surface area contributed by atoms with Crippen molar-refractivity contribution in [3.05, 3.63) is 58.3 Å². The lowest BCUT2D eigenvalue weighted by atomic mass is 10.1. The third-order valence-electron chi connectivity index (χ3n) is 3.31. The maximum atomic E-state index is 12.2. The number of nitrogens with zero attached hydrogens (tertiary/aromatic N) is 1. The van der Waals surface area contributed by atoms with Crippen molar-refractivity contribution < 1.29 is 14.3 Å². The third kappa shape index (κ3) is 5.36. The molecule has 0 N–H and O–H groups in total. The van der Waals surface area contributed by atoms with Gasteiger partial charge in [-0.15, -0.1) is 0 Å². The molecule has 0 saturated heterocycles. The van der Waals surface area contributed by atoms with Crippen LogP contribution in [0.15, 0.2) is 47.2 Å². The van der Waals surface area contributed by atoms with Gasteiger partial charge in [0.2, 0.25) is 0 Å². The highest BCUT2D eigenvalue weighted by Gasteiger charge is 2.20. The summed E-state index contributed by atoms with van der Waals surface area (Å²) in [5.74, 6) is 0.251. The maximum absolute atomic E-state index is 12.2. The molecule has 0 spiro atoms. The summed E-state index contributed by atoms with van der Waals surface area (Å²) in [6.07, 6.45) is 3.20. The second-order valence-electron chi connectivity index (χ2n) is 5.50. The molecule has 0 aliphatic carbocycles. The first-order valence-electron chi connectivity index (χ1n) is 7.48. The van der Waals surface area contributed by atoms with Crippen LogP contribution in [-0.2, 0) is 16.0 Å². The first-order chi connectivity index (χ1) is 11.0. The van der Waals surface area contributed by atoms with Crippen LogP contribution in [0.2, 0.25) is 0 Å². The minimum absolute atomic E-state index is 0.225. The zero-order chi connectivity index (χ0) is 16.8. The lowest BCUT2D eigenvalue weighted by molar-refractivity contribution is -0.155. The number of aromatic nitrogens is 1. The molecule has 23 heavy (non-hydrogen) atoms. The fraction of sp³-hybridized carbons (Fsp3) is 0.333. The van der Waals surface area contributed by atoms with E-state index >= 15 is 0 Å². The number of carbonyl (C=O) groups is 1. The van der Waals surface area contributed by atoms with Crippen molar-refractivity contribution in [2.45, 2.75) is 39.4 Å². The minimum atomic E-state index is -0.672. The normalized spacial score (nSPS) is 13.2. The molecule has 1 aromatic heterocycles. The van der Waals surface area contributed by atoms with Gasteiger partial charge in [-0.1, -0.05) is 6.07 Å². The highest BCUT2D eigenvalue weighted by molar-refractivity contribution is 9.10. The van der Waals surface area contributed by atoms with E-state index in [-0.39, 0.29) is 12.1 Å². The Balaban J connectivity index is 1.89. The van der Waals surface area contributed by atoms with Gasteiger partial charge in [0.05, 0.1) is 4.47 Å². The van der Waals surface area contributed by atoms with Gasteiger partial charge in [-0.2, -0.15) is 0 Å². The van der Waals surface area contributed by atoms with Gasteiger partial charge in [-0.05, 0) is 72.1 Å². The van der Waals surface area contributed by atoms with Crippen molar-refractivity contribution in [3.8, 4) is 5.75 Å². The average Bonchev–Trinajstić information content (AvgIpc) is 2.50. The van der Waals surface area contributed by atoms with E-state index in [1.807, 2.05) is 44.2 Å². The van der Waals surface area contributed by atoms with Crippen LogP contribution >= 0.6 is 15.9 Å². The number of aryl methyl sites for hydroxylation is 1. The molecular formula is C18H20BrNO3. The molecule has 4 nitrogen and oxygen atoms in total. The number of hydrogen-bond donors (Lipinski definition) is 0. The summed E-state index contributed by atoms with van der Waals surface area (Å²) in [4.78, 5) is 16.1. The van der Waals surface area contributed by atoms with Crippen molar-refractivity contribution in [1.29, 1.82) is 0 Å². The predicted molar refractivity (Wildman–Crippen MR) is 92.5 cm³/mol. The summed E-state index contributed by atoms with van der Waals surface area (Å²) in [7, 11) is 0. The summed E-state index contributed by atoms with van der Waals surface area (Å²) in [6, 6.07) is 9.54. The first kappa shape index (κ1) is 17.5. The van der Waals surface area contributed by atoms with E-state index in [2.05, 4.69) is 20.9 Å². The molecule has 2 aromatic rings. The zero-order valence-corrected chi connectivity index (χ0v) is 15.0. The Morgan fingerprint density at radius 3 is 2.57 bits per heavy atom. The van der Waals surface area contributed by atoms with E-state index in [0.717, 1.165) is 15.6 Å². The molecule has 0 amide bonds. The largest absolute Gasteiger partial charge is 0.478 e. The van der Waals surface area contributed by atoms with Crippen LogP contribution < -0.4 is 4.74 Å². The van der Waals surface area contributed by atoms with Gasteiger partial charge in [0.25, 0.3) is 0 Å². The molecule has 0 bridgehead atoms. The fourth-order valence-corrected chi connectivity index (χ4v) is 2.71. The van der Waals surface area contributed by atoms with Crippen LogP contribution in [0.4, 0.5) is 0 Å². The molecule has 0 saturated carbocycles. The quantitative estimate of drug-likeness (QED) is 0.711. The predicted octanol–water partition coefficient (Wildman–Crippen LogP) is 4.09. The Bertz CT molecular complexity index is 661. The summed E-state index contributed by atoms with van der Waals surface area (Å²) in [6.45, 7) is 5.55. The second-order valence-corrected chi connectivity index (χ2v) is 6.36. The van der Waals surface area contributed by atoms with Crippen LogP contribution in [0.25, 0.3) is 0 Å². The molecule has 0 radical (unpaired) electrons. The number of halogens is 1. The van der Waals surface area contributed by atoms with Crippen molar-refractivity contribution in [1.82, 2.24) is 4.98 Å². The Hall–Kier alpha value is -1.88. The van der Waals surface area contributed by atoms with E-state index in [0.29, 0.717) is 12.2 Å². The maximum Gasteiger partial charge on any atom is 0.347 e. The number of pyridine rings is 1. The summed E-state index contributed by atoms with van der Waals surface area (Å²) in [5, 5.41) is 0. The van der Waals surface area contributed by atoms with Crippen molar-refractivity contribution in [2.75, 3.05) is 0 Å². The lowest BCUT2D eigenvalue weighted by Gasteiger charge is -2.18. The Morgan fingerprint density at radius 1 is 1.22 bits per heavy atom. The van der Waals surface area contributed by atoms with Gasteiger partial charge in [0.1, 0.15) is 11.9 Å². The van der Waals surface area contributed by atoms with Gasteiger partial charge in [-0.3, -0.25) is 4.98 Å². The van der Waals surface area contributed by atoms with Crippen LogP contribution in [0.5, 0.6) is 5.75 Å². The van der Waals surface area contributed by atoms with E-state index in [1.54, 1.807) is 19.3 Å². The van der Waals surface area contributed by atoms with Gasteiger partial charge < -0.3 is 9.47 Å². The standard InChI is InChI=1S/C18H20BrNO3/c1-12-4-5-17(16(19)10-12)23-14(3)18(21)22-13(2)11-15-6-8-20-9-7-15/h4-10,13-14H,11H2,1-3H3/t13-,14-/m1/s1. The highest BCUT2D eigenvalue weighted by atomic mass is 79.9. The number of carbonyl (C=O) groups excluding carboxylic acids is 1. The van der Waals surface area contributed by atoms with E-state index in [1.165, 1.54) is 0 Å². The van der Waals surface area contributed by atoms with E-state index < -0.39 is 6.10 Å². The molecule has 2 rings (SSSR count). The summed E-state index contributed by atoms with van der Waals surface area (Å²) in [5.41, 5.74) is 2.19. The minimum Gasteiger partial charge on any atom is -0.478 e. The summed E-state index contributed by atoms with van der Waals surface area (Å²) >= 11 is 3.44. The Labute approximate surface area is 145 Å². The molecule has 5 heteroatoms. The van der Waals surface area contributed by atoms with Crippen molar-refractivity contribution >= 4 is 21.9 Å². The topological polar surface area (TPSA) is 48.4 Å². The van der Waals surface area contributed by atoms with Gasteiger partial charge in [-0.25, -0.2) is 4.79 Å². The molecule has 122 valence electrons. The smallest absolute Gasteiger partial charge is 0.347 e. The molecular weight excluding hydrogens is 358 g/mol. The van der Waals surface area contributed by atoms with Crippen LogP contribution in [0, 0.1) is 6.92 Å². The van der Waals surface area contributed by atoms with E-state index in [4.69, 9.17) is 9.47 Å². The molecule has 1 aromatic carbocycles. The number of esters is 1. The summed E-state index contributed by atoms with van der Waals surface area (Å²) < 4.78 is 12.0. The van der Waals surface area contributed by atoms with Crippen LogP contribution in [0.3, 0.4) is 0 Å². The fourth-order valence-electron chi connectivity index (χ4n) is 2.13. The third-order valence-corrected chi connectivity index (χ3v) is 3.93. The van der Waals surface area contributed by atoms with Crippen molar-refractivity contribution in [3.63, 3.8) is 0 Å². The SMILES string of the molecule is Cc1ccc(O[C@H](C)C(=O)O[C@H](C)Cc2ccncc2)c(Br)c1. The first-order valence-corrected chi connectivity index (χ1v) is 8.27. The molecule has 0 fully saturated rings. The average molecular weight is 378 g/mol. The second kappa shape index (κ2) is 8.11. The molecule has 0 aliphatic heterocycles. The zero-order valence-electron chi connectivity index (χ0n) is 13.5. The van der Waals surface area contributed by atoms with Gasteiger partial charge in [0.15, 0.2) is 6.10 Å². The van der Waals surface area contributed by atoms with E-state index in [9.17, 15) is 4.79 Å². The van der Waals surface area contributed by atoms with Gasteiger partial charge >= 0.3 is 5.97 Å². The molecule has 0 unspecified atom stereocenters. The van der Waals surface area contributed by atoms with Crippen LogP contribution in [0.1, 0.15) is 25.0 Å². The number of rotatable bonds is 6. The number of ether oxygens (including phenoxy) is 2. The number of benzene rings is 1. The molecule has 2 atom stereocenters. The van der Waals surface area contributed by atoms with Crippen molar-refractivity contribution in [2.24, 2.45) is 0 Å². The monoisotopic (exact) mass is 377 g/mol.